The van der Waals surface area contributed by atoms with Crippen LogP contribution in [-0.4, -0.2) is 36.7 Å². The molecule has 0 spiro atoms. The first-order chi connectivity index (χ1) is 16.0. The van der Waals surface area contributed by atoms with Gasteiger partial charge in [-0.3, -0.25) is 14.9 Å². The number of methoxy groups -OCH3 is 1. The number of nitrogens with one attached hydrogen (secondary N) is 1. The van der Waals surface area contributed by atoms with Crippen molar-refractivity contribution in [3.8, 4) is 17.2 Å². The summed E-state index contributed by atoms with van der Waals surface area (Å²) in [6.45, 7) is -0.458. The molecule has 3 aromatic rings. The van der Waals surface area contributed by atoms with E-state index in [1.165, 1.54) is 31.5 Å². The average molecular weight is 449 g/mol. The monoisotopic (exact) mass is 449 g/mol. The van der Waals surface area contributed by atoms with Gasteiger partial charge in [0.2, 0.25) is 0 Å². The zero-order valence-electron chi connectivity index (χ0n) is 17.5. The van der Waals surface area contributed by atoms with Gasteiger partial charge >= 0.3 is 11.7 Å². The summed E-state index contributed by atoms with van der Waals surface area (Å²) in [6.07, 6.45) is 1.36. The van der Waals surface area contributed by atoms with Crippen LogP contribution in [0.15, 0.2) is 77.9 Å². The Bertz CT molecular complexity index is 1180. The van der Waals surface area contributed by atoms with E-state index in [1.54, 1.807) is 54.6 Å². The number of hydrogen-bond donors (Lipinski definition) is 1. The number of ether oxygens (including phenoxy) is 3. The van der Waals surface area contributed by atoms with Crippen LogP contribution in [0.25, 0.3) is 0 Å². The zero-order valence-corrected chi connectivity index (χ0v) is 17.5. The van der Waals surface area contributed by atoms with Gasteiger partial charge in [-0.15, -0.1) is 0 Å². The molecule has 0 atom stereocenters. The molecular weight excluding hydrogens is 430 g/mol. The van der Waals surface area contributed by atoms with E-state index in [9.17, 15) is 19.7 Å². The number of esters is 1. The van der Waals surface area contributed by atoms with Gasteiger partial charge in [0.15, 0.2) is 23.9 Å². The molecule has 168 valence electrons. The third kappa shape index (κ3) is 6.37. The number of carbonyl (C=O) groups excluding carboxylic acids is 2. The van der Waals surface area contributed by atoms with Crippen molar-refractivity contribution < 1.29 is 28.7 Å². The third-order valence-corrected chi connectivity index (χ3v) is 4.22. The van der Waals surface area contributed by atoms with E-state index in [-0.39, 0.29) is 17.2 Å². The van der Waals surface area contributed by atoms with E-state index < -0.39 is 23.4 Å². The van der Waals surface area contributed by atoms with Crippen molar-refractivity contribution in [1.82, 2.24) is 5.43 Å². The molecular formula is C23H19N3O7. The van der Waals surface area contributed by atoms with Crippen molar-refractivity contribution >= 4 is 23.8 Å². The molecule has 10 nitrogen and oxygen atoms in total. The summed E-state index contributed by atoms with van der Waals surface area (Å²) >= 11 is 0. The summed E-state index contributed by atoms with van der Waals surface area (Å²) in [5.41, 5.74) is 2.98. The SMILES string of the molecule is COc1cc(/C=N/NC(=O)COc2ccccc2[N+](=O)[O-])ccc1OC(=O)c1ccccc1. The molecule has 0 aromatic heterocycles. The van der Waals surface area contributed by atoms with Crippen molar-refractivity contribution in [3.63, 3.8) is 0 Å². The summed E-state index contributed by atoms with van der Waals surface area (Å²) in [5.74, 6) is -0.627. The first kappa shape index (κ1) is 22.9. The number of nitrogens with zero attached hydrogens (tertiary/aromatic N) is 2. The van der Waals surface area contributed by atoms with E-state index in [0.717, 1.165) is 0 Å². The van der Waals surface area contributed by atoms with Crippen molar-refractivity contribution in [2.45, 2.75) is 0 Å². The topological polar surface area (TPSA) is 129 Å². The summed E-state index contributed by atoms with van der Waals surface area (Å²) in [7, 11) is 1.43. The molecule has 1 N–H and O–H groups in total. The lowest BCUT2D eigenvalue weighted by atomic mass is 10.2. The fourth-order valence-corrected chi connectivity index (χ4v) is 2.67. The molecule has 0 radical (unpaired) electrons. The number of rotatable bonds is 9. The number of carbonyl (C=O) groups is 2. The first-order valence-corrected chi connectivity index (χ1v) is 9.61. The molecule has 3 rings (SSSR count). The number of para-hydroxylation sites is 2. The predicted molar refractivity (Wildman–Crippen MR) is 119 cm³/mol. The van der Waals surface area contributed by atoms with Gasteiger partial charge in [0.25, 0.3) is 5.91 Å². The van der Waals surface area contributed by atoms with Crippen LogP contribution >= 0.6 is 0 Å². The Morgan fingerprint density at radius 2 is 1.73 bits per heavy atom. The van der Waals surface area contributed by atoms with E-state index in [1.807, 2.05) is 0 Å². The second-order valence-electron chi connectivity index (χ2n) is 6.47. The summed E-state index contributed by atoms with van der Waals surface area (Å²) in [6, 6.07) is 19.0. The maximum Gasteiger partial charge on any atom is 0.343 e. The summed E-state index contributed by atoms with van der Waals surface area (Å²) in [5, 5.41) is 14.8. The average Bonchev–Trinajstić information content (AvgIpc) is 2.84. The molecule has 1 amide bonds. The molecule has 3 aromatic carbocycles. The van der Waals surface area contributed by atoms with Gasteiger partial charge in [0, 0.05) is 6.07 Å². The van der Waals surface area contributed by atoms with Crippen LogP contribution in [0.5, 0.6) is 17.2 Å². The third-order valence-electron chi connectivity index (χ3n) is 4.22. The van der Waals surface area contributed by atoms with E-state index >= 15 is 0 Å². The molecule has 0 aliphatic rings. The number of nitro benzene ring substituents is 1. The minimum absolute atomic E-state index is 0.0213. The smallest absolute Gasteiger partial charge is 0.343 e. The maximum atomic E-state index is 12.2. The van der Waals surface area contributed by atoms with Crippen LogP contribution < -0.4 is 19.6 Å². The van der Waals surface area contributed by atoms with Crippen molar-refractivity contribution in [3.05, 3.63) is 94.0 Å². The Labute approximate surface area is 188 Å². The lowest BCUT2D eigenvalue weighted by Gasteiger charge is -2.10. The number of hydrogen-bond acceptors (Lipinski definition) is 8. The lowest BCUT2D eigenvalue weighted by molar-refractivity contribution is -0.385. The van der Waals surface area contributed by atoms with Gasteiger partial charge in [-0.25, -0.2) is 10.2 Å². The largest absolute Gasteiger partial charge is 0.493 e. The quantitative estimate of drug-likeness (QED) is 0.174. The number of amides is 1. The van der Waals surface area contributed by atoms with Crippen LogP contribution in [0.2, 0.25) is 0 Å². The van der Waals surface area contributed by atoms with Crippen LogP contribution in [0, 0.1) is 10.1 Å². The maximum absolute atomic E-state index is 12.2. The highest BCUT2D eigenvalue weighted by molar-refractivity contribution is 5.91. The number of hydrazone groups is 1. The molecule has 0 saturated carbocycles. The number of nitro groups is 1. The summed E-state index contributed by atoms with van der Waals surface area (Å²) < 4.78 is 15.8. The van der Waals surface area contributed by atoms with Crippen molar-refractivity contribution in [2.24, 2.45) is 5.10 Å². The minimum Gasteiger partial charge on any atom is -0.493 e. The van der Waals surface area contributed by atoms with E-state index in [2.05, 4.69) is 10.5 Å². The molecule has 0 fully saturated rings. The fraction of sp³-hybridized carbons (Fsp3) is 0.0870. The van der Waals surface area contributed by atoms with Crippen molar-refractivity contribution in [2.75, 3.05) is 13.7 Å². The fourth-order valence-electron chi connectivity index (χ4n) is 2.67. The van der Waals surface area contributed by atoms with Gasteiger partial charge in [0.1, 0.15) is 0 Å². The normalized spacial score (nSPS) is 10.5. The predicted octanol–water partition coefficient (Wildman–Crippen LogP) is 3.35. The second-order valence-corrected chi connectivity index (χ2v) is 6.47. The molecule has 10 heteroatoms. The summed E-state index contributed by atoms with van der Waals surface area (Å²) in [4.78, 5) is 34.5. The lowest BCUT2D eigenvalue weighted by Crippen LogP contribution is -2.24. The van der Waals surface area contributed by atoms with Crippen LogP contribution in [0.1, 0.15) is 15.9 Å². The highest BCUT2D eigenvalue weighted by Crippen LogP contribution is 2.28. The minimum atomic E-state index is -0.607. The van der Waals surface area contributed by atoms with Crippen LogP contribution in [0.3, 0.4) is 0 Å². The Kier molecular flexibility index (Phi) is 7.68. The highest BCUT2D eigenvalue weighted by atomic mass is 16.6. The van der Waals surface area contributed by atoms with E-state index in [0.29, 0.717) is 16.9 Å². The first-order valence-electron chi connectivity index (χ1n) is 9.61. The molecule has 0 aliphatic heterocycles. The van der Waals surface area contributed by atoms with Crippen LogP contribution in [-0.2, 0) is 4.79 Å². The Balaban J connectivity index is 1.57. The molecule has 0 heterocycles. The Morgan fingerprint density at radius 1 is 1.00 bits per heavy atom. The van der Waals surface area contributed by atoms with Gasteiger partial charge in [0.05, 0.1) is 23.8 Å². The van der Waals surface area contributed by atoms with Crippen LogP contribution in [0.4, 0.5) is 5.69 Å². The number of benzene rings is 3. The van der Waals surface area contributed by atoms with Gasteiger partial charge in [-0.1, -0.05) is 30.3 Å². The van der Waals surface area contributed by atoms with Gasteiger partial charge in [-0.05, 0) is 42.0 Å². The molecule has 33 heavy (non-hydrogen) atoms. The standard InChI is InChI=1S/C23H19N3O7/c1-31-21-13-16(11-12-20(21)33-23(28)17-7-3-2-4-8-17)14-24-25-22(27)15-32-19-10-6-5-9-18(19)26(29)30/h2-14H,15H2,1H3,(H,25,27)/b24-14+. The Hall–Kier alpha value is -4.73. The molecule has 0 unspecified atom stereocenters. The molecule has 0 saturated heterocycles. The molecule has 0 bridgehead atoms. The van der Waals surface area contributed by atoms with Crippen molar-refractivity contribution in [1.29, 1.82) is 0 Å². The zero-order chi connectivity index (χ0) is 23.6. The Morgan fingerprint density at radius 3 is 2.45 bits per heavy atom. The van der Waals surface area contributed by atoms with Gasteiger partial charge in [-0.2, -0.15) is 5.10 Å². The highest BCUT2D eigenvalue weighted by Gasteiger charge is 2.15. The van der Waals surface area contributed by atoms with Gasteiger partial charge < -0.3 is 14.2 Å². The second kappa shape index (κ2) is 11.0. The van der Waals surface area contributed by atoms with E-state index in [4.69, 9.17) is 14.2 Å². The molecule has 0 aliphatic carbocycles.